The summed E-state index contributed by atoms with van der Waals surface area (Å²) in [6.07, 6.45) is 0.954. The summed E-state index contributed by atoms with van der Waals surface area (Å²) in [7, 11) is 1.69. The Labute approximate surface area is 200 Å². The predicted octanol–water partition coefficient (Wildman–Crippen LogP) is 6.83. The molecule has 0 unspecified atom stereocenters. The molecule has 0 saturated heterocycles. The molecular weight excluding hydrogens is 441 g/mol. The Kier molecular flexibility index (Phi) is 8.81. The molecule has 0 fully saturated rings. The molecule has 4 aromatic rings. The Bertz CT molecular complexity index is 1130. The highest BCUT2D eigenvalue weighted by Crippen LogP contribution is 2.29. The highest BCUT2D eigenvalue weighted by atomic mass is 35.5. The van der Waals surface area contributed by atoms with Crippen molar-refractivity contribution in [1.82, 2.24) is 5.32 Å². The van der Waals surface area contributed by atoms with Crippen LogP contribution >= 0.6 is 24.0 Å². The summed E-state index contributed by atoms with van der Waals surface area (Å²) >= 11 is 5.99. The van der Waals surface area contributed by atoms with E-state index < -0.39 is 0 Å². The lowest BCUT2D eigenvalue weighted by molar-refractivity contribution is 0.303. The number of methoxy groups -OCH3 is 1. The van der Waals surface area contributed by atoms with Crippen molar-refractivity contribution in [3.8, 4) is 11.5 Å². The molecule has 5 heteroatoms. The van der Waals surface area contributed by atoms with E-state index in [1.54, 1.807) is 7.11 Å². The van der Waals surface area contributed by atoms with Gasteiger partial charge >= 0.3 is 0 Å². The molecule has 3 nitrogen and oxygen atoms in total. The number of halogens is 2. The summed E-state index contributed by atoms with van der Waals surface area (Å²) in [5.74, 6) is 1.79. The lowest BCUT2D eigenvalue weighted by atomic mass is 10.0. The number of ether oxygens (including phenoxy) is 2. The minimum Gasteiger partial charge on any atom is -0.497 e. The zero-order valence-electron chi connectivity index (χ0n) is 18.0. The molecule has 0 bridgehead atoms. The van der Waals surface area contributed by atoms with Crippen molar-refractivity contribution in [3.63, 3.8) is 0 Å². The quantitative estimate of drug-likeness (QED) is 0.273. The van der Waals surface area contributed by atoms with Crippen molar-refractivity contribution in [1.29, 1.82) is 0 Å². The molecule has 1 N–H and O–H groups in total. The van der Waals surface area contributed by atoms with Gasteiger partial charge in [-0.25, -0.2) is 0 Å². The van der Waals surface area contributed by atoms with E-state index in [1.807, 2.05) is 36.4 Å². The maximum absolute atomic E-state index is 6.22. The van der Waals surface area contributed by atoms with E-state index in [1.165, 1.54) is 21.9 Å². The first-order valence-electron chi connectivity index (χ1n) is 10.4. The molecule has 166 valence electrons. The zero-order chi connectivity index (χ0) is 21.5. The van der Waals surface area contributed by atoms with Gasteiger partial charge in [0.25, 0.3) is 0 Å². The summed E-state index contributed by atoms with van der Waals surface area (Å²) in [6.45, 7) is 2.13. The van der Waals surface area contributed by atoms with Crippen LogP contribution in [0.5, 0.6) is 11.5 Å². The fourth-order valence-corrected chi connectivity index (χ4v) is 3.74. The molecule has 0 saturated carbocycles. The first-order chi connectivity index (χ1) is 15.2. The van der Waals surface area contributed by atoms with Crippen LogP contribution in [0.1, 0.15) is 16.7 Å². The lowest BCUT2D eigenvalue weighted by Crippen LogP contribution is -2.17. The maximum Gasteiger partial charge on any atom is 0.124 e. The van der Waals surface area contributed by atoms with Crippen LogP contribution in [0, 0.1) is 0 Å². The van der Waals surface area contributed by atoms with Crippen LogP contribution in [0.3, 0.4) is 0 Å². The van der Waals surface area contributed by atoms with Gasteiger partial charge in [-0.1, -0.05) is 66.2 Å². The van der Waals surface area contributed by atoms with Gasteiger partial charge in [-0.15, -0.1) is 12.4 Å². The van der Waals surface area contributed by atoms with E-state index in [-0.39, 0.29) is 12.4 Å². The second-order valence-electron chi connectivity index (χ2n) is 7.45. The van der Waals surface area contributed by atoms with Gasteiger partial charge in [0.2, 0.25) is 0 Å². The monoisotopic (exact) mass is 467 g/mol. The Hall–Kier alpha value is -2.72. The first-order valence-corrected chi connectivity index (χ1v) is 10.8. The average Bonchev–Trinajstić information content (AvgIpc) is 2.82. The van der Waals surface area contributed by atoms with Crippen LogP contribution in [-0.4, -0.2) is 13.7 Å². The highest BCUT2D eigenvalue weighted by molar-refractivity contribution is 6.30. The van der Waals surface area contributed by atoms with E-state index in [9.17, 15) is 0 Å². The minimum atomic E-state index is 0. The number of rotatable bonds is 9. The minimum absolute atomic E-state index is 0. The highest BCUT2D eigenvalue weighted by Gasteiger charge is 2.09. The van der Waals surface area contributed by atoms with Crippen molar-refractivity contribution in [2.24, 2.45) is 0 Å². The van der Waals surface area contributed by atoms with Gasteiger partial charge in [-0.2, -0.15) is 0 Å². The van der Waals surface area contributed by atoms with Crippen LogP contribution < -0.4 is 14.8 Å². The van der Waals surface area contributed by atoms with E-state index in [2.05, 4.69) is 53.8 Å². The van der Waals surface area contributed by atoms with Crippen LogP contribution in [0.25, 0.3) is 10.8 Å². The average molecular weight is 468 g/mol. The van der Waals surface area contributed by atoms with Crippen molar-refractivity contribution >= 4 is 34.8 Å². The number of hydrogen-bond acceptors (Lipinski definition) is 3. The maximum atomic E-state index is 6.22. The topological polar surface area (TPSA) is 30.5 Å². The third kappa shape index (κ3) is 6.17. The summed E-state index contributed by atoms with van der Waals surface area (Å²) in [5, 5.41) is 6.75. The molecule has 0 aromatic heterocycles. The molecule has 0 spiro atoms. The van der Waals surface area contributed by atoms with Crippen LogP contribution in [0.15, 0.2) is 84.9 Å². The van der Waals surface area contributed by atoms with Gasteiger partial charge in [-0.05, 0) is 65.2 Å². The Morgan fingerprint density at radius 1 is 0.812 bits per heavy atom. The fraction of sp³-hybridized carbons (Fsp3) is 0.185. The van der Waals surface area contributed by atoms with Crippen LogP contribution in [-0.2, 0) is 19.6 Å². The smallest absolute Gasteiger partial charge is 0.124 e. The fourth-order valence-electron chi connectivity index (χ4n) is 3.61. The Morgan fingerprint density at radius 3 is 2.28 bits per heavy atom. The summed E-state index contributed by atoms with van der Waals surface area (Å²) in [6, 6.07) is 28.6. The lowest BCUT2D eigenvalue weighted by Gasteiger charge is -2.15. The predicted molar refractivity (Wildman–Crippen MR) is 135 cm³/mol. The molecule has 0 radical (unpaired) electrons. The Morgan fingerprint density at radius 2 is 1.53 bits per heavy atom. The third-order valence-electron chi connectivity index (χ3n) is 5.36. The third-order valence-corrected chi connectivity index (χ3v) is 5.61. The van der Waals surface area contributed by atoms with Crippen molar-refractivity contribution < 1.29 is 9.47 Å². The second kappa shape index (κ2) is 11.8. The van der Waals surface area contributed by atoms with Crippen LogP contribution in [0.2, 0.25) is 5.02 Å². The standard InChI is InChI=1S/C27H26ClNO2.ClH/c1-30-24-13-8-20(9-14-24)16-17-29-18-26-25-5-3-2-4-22(25)10-15-27(26)31-19-21-6-11-23(28)12-7-21;/h2-15,29H,16-19H2,1H3;1H. The van der Waals surface area contributed by atoms with Gasteiger partial charge in [0, 0.05) is 17.1 Å². The Balaban J connectivity index is 0.00000289. The summed E-state index contributed by atoms with van der Waals surface area (Å²) in [4.78, 5) is 0. The molecular formula is C27H27Cl2NO2. The van der Waals surface area contributed by atoms with E-state index >= 15 is 0 Å². The zero-order valence-corrected chi connectivity index (χ0v) is 19.6. The first kappa shape index (κ1) is 23.9. The molecule has 0 atom stereocenters. The molecule has 0 heterocycles. The molecule has 4 rings (SSSR count). The van der Waals surface area contributed by atoms with Gasteiger partial charge < -0.3 is 14.8 Å². The van der Waals surface area contributed by atoms with E-state index in [0.717, 1.165) is 41.6 Å². The SMILES string of the molecule is COc1ccc(CCNCc2c(OCc3ccc(Cl)cc3)ccc3ccccc23)cc1.Cl. The van der Waals surface area contributed by atoms with Gasteiger partial charge in [-0.3, -0.25) is 0 Å². The molecule has 4 aromatic carbocycles. The van der Waals surface area contributed by atoms with Gasteiger partial charge in [0.05, 0.1) is 7.11 Å². The summed E-state index contributed by atoms with van der Waals surface area (Å²) < 4.78 is 11.4. The molecule has 0 aliphatic rings. The molecule has 0 aliphatic heterocycles. The molecule has 0 aliphatic carbocycles. The van der Waals surface area contributed by atoms with Crippen LogP contribution in [0.4, 0.5) is 0 Å². The van der Waals surface area contributed by atoms with Crippen molar-refractivity contribution in [2.45, 2.75) is 19.6 Å². The second-order valence-corrected chi connectivity index (χ2v) is 7.89. The van der Waals surface area contributed by atoms with Gasteiger partial charge in [0.1, 0.15) is 18.1 Å². The summed E-state index contributed by atoms with van der Waals surface area (Å²) in [5.41, 5.74) is 3.56. The largest absolute Gasteiger partial charge is 0.497 e. The van der Waals surface area contributed by atoms with Gasteiger partial charge in [0.15, 0.2) is 0 Å². The number of benzene rings is 4. The van der Waals surface area contributed by atoms with E-state index in [4.69, 9.17) is 21.1 Å². The van der Waals surface area contributed by atoms with E-state index in [0.29, 0.717) is 6.61 Å². The number of nitrogens with one attached hydrogen (secondary N) is 1. The number of fused-ring (bicyclic) bond motifs is 1. The molecule has 0 amide bonds. The van der Waals surface area contributed by atoms with Crippen molar-refractivity contribution in [3.05, 3.63) is 107 Å². The van der Waals surface area contributed by atoms with Crippen molar-refractivity contribution in [2.75, 3.05) is 13.7 Å². The normalized spacial score (nSPS) is 10.6. The molecule has 32 heavy (non-hydrogen) atoms. The number of hydrogen-bond donors (Lipinski definition) is 1.